The van der Waals surface area contributed by atoms with Gasteiger partial charge < -0.3 is 5.11 Å². The Morgan fingerprint density at radius 2 is 1.93 bits per heavy atom. The molecular formula is C12H14O2. The summed E-state index contributed by atoms with van der Waals surface area (Å²) in [7, 11) is 0. The van der Waals surface area contributed by atoms with Crippen LogP contribution in [0.2, 0.25) is 0 Å². The van der Waals surface area contributed by atoms with Crippen LogP contribution in [0.1, 0.15) is 25.0 Å². The van der Waals surface area contributed by atoms with Crippen molar-refractivity contribution in [3.05, 3.63) is 41.5 Å². The van der Waals surface area contributed by atoms with Crippen molar-refractivity contribution in [3.8, 4) is 0 Å². The molecule has 0 atom stereocenters. The Hall–Kier alpha value is -1.57. The van der Waals surface area contributed by atoms with Gasteiger partial charge in [0.15, 0.2) is 0 Å². The Kier molecular flexibility index (Phi) is 3.46. The number of carboxylic acid groups (broad SMARTS) is 1. The van der Waals surface area contributed by atoms with Crippen LogP contribution in [0, 0.1) is 0 Å². The second-order valence-electron chi connectivity index (χ2n) is 3.24. The highest BCUT2D eigenvalue weighted by molar-refractivity contribution is 5.71. The lowest BCUT2D eigenvalue weighted by molar-refractivity contribution is -0.136. The van der Waals surface area contributed by atoms with Crippen LogP contribution in [-0.4, -0.2) is 11.1 Å². The van der Waals surface area contributed by atoms with Gasteiger partial charge in [0.25, 0.3) is 0 Å². The van der Waals surface area contributed by atoms with Crippen molar-refractivity contribution in [1.29, 1.82) is 0 Å². The summed E-state index contributed by atoms with van der Waals surface area (Å²) in [6, 6.07) is 7.62. The van der Waals surface area contributed by atoms with Gasteiger partial charge in [-0.15, -0.1) is 0 Å². The molecule has 0 bridgehead atoms. The lowest BCUT2D eigenvalue weighted by Gasteiger charge is -2.02. The Morgan fingerprint density at radius 3 is 2.36 bits per heavy atom. The van der Waals surface area contributed by atoms with E-state index in [-0.39, 0.29) is 6.42 Å². The molecule has 0 saturated carbocycles. The van der Waals surface area contributed by atoms with E-state index in [4.69, 9.17) is 5.11 Å². The predicted molar refractivity (Wildman–Crippen MR) is 57.1 cm³/mol. The number of rotatable bonds is 3. The molecule has 1 aromatic carbocycles. The summed E-state index contributed by atoms with van der Waals surface area (Å²) in [5.41, 5.74) is 3.18. The molecule has 14 heavy (non-hydrogen) atoms. The molecule has 74 valence electrons. The first-order chi connectivity index (χ1) is 6.63. The lowest BCUT2D eigenvalue weighted by atomic mass is 10.0. The van der Waals surface area contributed by atoms with Crippen molar-refractivity contribution >= 4 is 11.5 Å². The van der Waals surface area contributed by atoms with Crippen LogP contribution in [0.5, 0.6) is 0 Å². The first kappa shape index (κ1) is 10.5. The van der Waals surface area contributed by atoms with Gasteiger partial charge in [-0.05, 0) is 30.5 Å². The standard InChI is InChI=1S/C12H14O2/c1-3-9(2)11-6-4-10(5-7-11)8-12(13)14/h3-7H,8H2,1-2H3,(H,13,14)/b9-3-. The molecule has 0 radical (unpaired) electrons. The van der Waals surface area contributed by atoms with Crippen molar-refractivity contribution in [3.63, 3.8) is 0 Å². The van der Waals surface area contributed by atoms with Crippen LogP contribution >= 0.6 is 0 Å². The molecule has 0 saturated heterocycles. The highest BCUT2D eigenvalue weighted by Gasteiger charge is 2.00. The Labute approximate surface area is 83.9 Å². The molecular weight excluding hydrogens is 176 g/mol. The lowest BCUT2D eigenvalue weighted by Crippen LogP contribution is -1.99. The number of carbonyl (C=O) groups is 1. The Bertz CT molecular complexity index is 347. The highest BCUT2D eigenvalue weighted by atomic mass is 16.4. The minimum atomic E-state index is -0.791. The van der Waals surface area contributed by atoms with Gasteiger partial charge in [0.1, 0.15) is 0 Å². The summed E-state index contributed by atoms with van der Waals surface area (Å²) >= 11 is 0. The van der Waals surface area contributed by atoms with E-state index in [2.05, 4.69) is 0 Å². The Morgan fingerprint density at radius 1 is 1.36 bits per heavy atom. The SMILES string of the molecule is C/C=C(/C)c1ccc(CC(=O)O)cc1. The second-order valence-corrected chi connectivity index (χ2v) is 3.24. The molecule has 2 heteroatoms. The predicted octanol–water partition coefficient (Wildman–Crippen LogP) is 2.74. The van der Waals surface area contributed by atoms with Crippen molar-refractivity contribution in [2.24, 2.45) is 0 Å². The second kappa shape index (κ2) is 4.61. The minimum Gasteiger partial charge on any atom is -0.481 e. The molecule has 2 nitrogen and oxygen atoms in total. The molecule has 0 aromatic heterocycles. The first-order valence-electron chi connectivity index (χ1n) is 4.57. The number of carboxylic acids is 1. The normalized spacial score (nSPS) is 11.4. The van der Waals surface area contributed by atoms with Gasteiger partial charge >= 0.3 is 5.97 Å². The van der Waals surface area contributed by atoms with Gasteiger partial charge in [-0.1, -0.05) is 30.3 Å². The van der Waals surface area contributed by atoms with Crippen LogP contribution in [0.3, 0.4) is 0 Å². The molecule has 0 heterocycles. The van der Waals surface area contributed by atoms with Gasteiger partial charge in [0.2, 0.25) is 0 Å². The fraction of sp³-hybridized carbons (Fsp3) is 0.250. The van der Waals surface area contributed by atoms with Crippen LogP contribution in [0.25, 0.3) is 5.57 Å². The summed E-state index contributed by atoms with van der Waals surface area (Å²) in [6.45, 7) is 4.02. The van der Waals surface area contributed by atoms with Gasteiger partial charge in [-0.3, -0.25) is 4.79 Å². The molecule has 0 spiro atoms. The van der Waals surface area contributed by atoms with E-state index in [1.807, 2.05) is 44.2 Å². The van der Waals surface area contributed by atoms with E-state index in [0.717, 1.165) is 11.1 Å². The van der Waals surface area contributed by atoms with E-state index in [1.165, 1.54) is 5.57 Å². The van der Waals surface area contributed by atoms with Crippen LogP contribution < -0.4 is 0 Å². The molecule has 0 aliphatic carbocycles. The quantitative estimate of drug-likeness (QED) is 0.795. The highest BCUT2D eigenvalue weighted by Crippen LogP contribution is 2.14. The first-order valence-corrected chi connectivity index (χ1v) is 4.57. The van der Waals surface area contributed by atoms with Crippen molar-refractivity contribution in [2.45, 2.75) is 20.3 Å². The number of benzene rings is 1. The maximum Gasteiger partial charge on any atom is 0.307 e. The van der Waals surface area contributed by atoms with Crippen LogP contribution in [0.15, 0.2) is 30.3 Å². The smallest absolute Gasteiger partial charge is 0.307 e. The number of hydrogen-bond acceptors (Lipinski definition) is 1. The monoisotopic (exact) mass is 190 g/mol. The zero-order valence-corrected chi connectivity index (χ0v) is 8.45. The van der Waals surface area contributed by atoms with Crippen LogP contribution in [-0.2, 0) is 11.2 Å². The molecule has 1 aromatic rings. The zero-order valence-electron chi connectivity index (χ0n) is 8.45. The van der Waals surface area contributed by atoms with Gasteiger partial charge in [0, 0.05) is 0 Å². The van der Waals surface area contributed by atoms with Crippen molar-refractivity contribution in [1.82, 2.24) is 0 Å². The molecule has 0 amide bonds. The van der Waals surface area contributed by atoms with Gasteiger partial charge in [-0.2, -0.15) is 0 Å². The molecule has 0 aliphatic heterocycles. The molecule has 0 unspecified atom stereocenters. The fourth-order valence-electron chi connectivity index (χ4n) is 1.23. The molecule has 1 rings (SSSR count). The molecule has 1 N–H and O–H groups in total. The van der Waals surface area contributed by atoms with Crippen molar-refractivity contribution in [2.75, 3.05) is 0 Å². The summed E-state index contributed by atoms with van der Waals surface area (Å²) in [6.07, 6.45) is 2.13. The third-order valence-corrected chi connectivity index (χ3v) is 2.20. The van der Waals surface area contributed by atoms with E-state index in [0.29, 0.717) is 0 Å². The van der Waals surface area contributed by atoms with Gasteiger partial charge in [0.05, 0.1) is 6.42 Å². The maximum atomic E-state index is 10.4. The topological polar surface area (TPSA) is 37.3 Å². The van der Waals surface area contributed by atoms with E-state index in [9.17, 15) is 4.79 Å². The summed E-state index contributed by atoms with van der Waals surface area (Å²) in [5, 5.41) is 8.58. The maximum absolute atomic E-state index is 10.4. The van der Waals surface area contributed by atoms with E-state index < -0.39 is 5.97 Å². The average Bonchev–Trinajstić information content (AvgIpc) is 2.17. The summed E-state index contributed by atoms with van der Waals surface area (Å²) in [5.74, 6) is -0.791. The van der Waals surface area contributed by atoms with Crippen LogP contribution in [0.4, 0.5) is 0 Å². The average molecular weight is 190 g/mol. The summed E-state index contributed by atoms with van der Waals surface area (Å²) < 4.78 is 0. The third-order valence-electron chi connectivity index (χ3n) is 2.20. The number of allylic oxidation sites excluding steroid dienone is 2. The minimum absolute atomic E-state index is 0.0924. The van der Waals surface area contributed by atoms with Gasteiger partial charge in [-0.25, -0.2) is 0 Å². The van der Waals surface area contributed by atoms with E-state index in [1.54, 1.807) is 0 Å². The third kappa shape index (κ3) is 2.73. The largest absolute Gasteiger partial charge is 0.481 e. The van der Waals surface area contributed by atoms with Crippen molar-refractivity contribution < 1.29 is 9.90 Å². The number of aliphatic carboxylic acids is 1. The van der Waals surface area contributed by atoms with E-state index >= 15 is 0 Å². The molecule has 0 aliphatic rings. The Balaban J connectivity index is 2.83. The number of hydrogen-bond donors (Lipinski definition) is 1. The zero-order chi connectivity index (χ0) is 10.6. The molecule has 0 fully saturated rings. The fourth-order valence-corrected chi connectivity index (χ4v) is 1.23. The summed E-state index contributed by atoms with van der Waals surface area (Å²) in [4.78, 5) is 10.4.